The number of benzene rings is 1. The van der Waals surface area contributed by atoms with Crippen LogP contribution < -0.4 is 5.32 Å². The van der Waals surface area contributed by atoms with E-state index in [1.54, 1.807) is 0 Å². The number of rotatable bonds is 6. The molecular formula is C21H30N4O. The van der Waals surface area contributed by atoms with Gasteiger partial charge in [0.1, 0.15) is 6.10 Å². The molecule has 2 aromatic rings. The van der Waals surface area contributed by atoms with Gasteiger partial charge in [0.2, 0.25) is 0 Å². The van der Waals surface area contributed by atoms with Crippen molar-refractivity contribution in [1.82, 2.24) is 20.0 Å². The molecule has 2 aliphatic heterocycles. The highest BCUT2D eigenvalue weighted by Gasteiger charge is 2.32. The second-order valence-electron chi connectivity index (χ2n) is 7.66. The molecule has 2 atom stereocenters. The summed E-state index contributed by atoms with van der Waals surface area (Å²) in [5.74, 6) is 0.549. The zero-order valence-corrected chi connectivity index (χ0v) is 15.7. The highest BCUT2D eigenvalue weighted by atomic mass is 16.5. The summed E-state index contributed by atoms with van der Waals surface area (Å²) in [6, 6.07) is 13.5. The second-order valence-corrected chi connectivity index (χ2v) is 7.66. The molecule has 26 heavy (non-hydrogen) atoms. The largest absolute Gasteiger partial charge is 0.372 e. The topological polar surface area (TPSA) is 42.3 Å². The Morgan fingerprint density at radius 2 is 1.92 bits per heavy atom. The molecule has 1 aromatic heterocycles. The molecule has 0 amide bonds. The van der Waals surface area contributed by atoms with Crippen molar-refractivity contribution in [1.29, 1.82) is 0 Å². The maximum absolute atomic E-state index is 6.01. The molecule has 0 radical (unpaired) electrons. The smallest absolute Gasteiger partial charge is 0.103 e. The molecule has 0 saturated carbocycles. The molecule has 140 valence electrons. The number of nitrogens with one attached hydrogen (secondary N) is 1. The van der Waals surface area contributed by atoms with E-state index in [0.717, 1.165) is 26.1 Å². The van der Waals surface area contributed by atoms with Gasteiger partial charge in [-0.1, -0.05) is 30.3 Å². The summed E-state index contributed by atoms with van der Waals surface area (Å²) in [6.45, 7) is 5.33. The third-order valence-electron chi connectivity index (χ3n) is 5.87. The zero-order valence-electron chi connectivity index (χ0n) is 15.7. The first kappa shape index (κ1) is 17.7. The second kappa shape index (κ2) is 8.33. The number of aryl methyl sites for hydroxylation is 1. The lowest BCUT2D eigenvalue weighted by atomic mass is 9.97. The Morgan fingerprint density at radius 1 is 1.12 bits per heavy atom. The van der Waals surface area contributed by atoms with E-state index in [9.17, 15) is 0 Å². The highest BCUT2D eigenvalue weighted by molar-refractivity contribution is 5.14. The van der Waals surface area contributed by atoms with E-state index >= 15 is 0 Å². The van der Waals surface area contributed by atoms with Gasteiger partial charge in [0.15, 0.2) is 0 Å². The van der Waals surface area contributed by atoms with Crippen LogP contribution in [0.1, 0.15) is 36.6 Å². The summed E-state index contributed by atoms with van der Waals surface area (Å²) in [6.07, 6.45) is 5.65. The van der Waals surface area contributed by atoms with Gasteiger partial charge < -0.3 is 10.1 Å². The quantitative estimate of drug-likeness (QED) is 0.866. The Morgan fingerprint density at radius 3 is 2.65 bits per heavy atom. The molecule has 2 aliphatic rings. The van der Waals surface area contributed by atoms with Gasteiger partial charge >= 0.3 is 0 Å². The number of hydrogen-bond donors (Lipinski definition) is 1. The minimum Gasteiger partial charge on any atom is -0.372 e. The van der Waals surface area contributed by atoms with Crippen LogP contribution in [0.3, 0.4) is 0 Å². The first-order valence-electron chi connectivity index (χ1n) is 9.89. The molecule has 0 aliphatic carbocycles. The summed E-state index contributed by atoms with van der Waals surface area (Å²) in [5, 5.41) is 8.12. The first-order chi connectivity index (χ1) is 12.8. The molecule has 1 N–H and O–H groups in total. The van der Waals surface area contributed by atoms with Crippen LogP contribution in [0.15, 0.2) is 42.6 Å². The summed E-state index contributed by atoms with van der Waals surface area (Å²) >= 11 is 0. The third kappa shape index (κ3) is 4.17. The van der Waals surface area contributed by atoms with Crippen molar-refractivity contribution in [3.05, 3.63) is 53.9 Å². The molecule has 0 spiro atoms. The summed E-state index contributed by atoms with van der Waals surface area (Å²) < 4.78 is 7.95. The van der Waals surface area contributed by atoms with Crippen LogP contribution in [0.5, 0.6) is 0 Å². The lowest BCUT2D eigenvalue weighted by Crippen LogP contribution is -2.43. The van der Waals surface area contributed by atoms with Crippen molar-refractivity contribution >= 4 is 0 Å². The highest BCUT2D eigenvalue weighted by Crippen LogP contribution is 2.33. The fraction of sp³-hybridized carbons (Fsp3) is 0.571. The van der Waals surface area contributed by atoms with Gasteiger partial charge in [0.25, 0.3) is 0 Å². The minimum absolute atomic E-state index is 0.188. The van der Waals surface area contributed by atoms with Crippen LogP contribution in [-0.2, 0) is 18.3 Å². The molecule has 5 nitrogen and oxygen atoms in total. The first-order valence-corrected chi connectivity index (χ1v) is 9.89. The van der Waals surface area contributed by atoms with Gasteiger partial charge in [-0.15, -0.1) is 0 Å². The van der Waals surface area contributed by atoms with Crippen molar-refractivity contribution in [2.45, 2.75) is 38.0 Å². The maximum atomic E-state index is 6.01. The minimum atomic E-state index is 0.188. The van der Waals surface area contributed by atoms with E-state index in [4.69, 9.17) is 4.74 Å². The van der Waals surface area contributed by atoms with Gasteiger partial charge in [-0.3, -0.25) is 9.58 Å². The lowest BCUT2D eigenvalue weighted by Gasteiger charge is -2.33. The molecule has 3 heterocycles. The average molecular weight is 354 g/mol. The van der Waals surface area contributed by atoms with Crippen LogP contribution in [0.25, 0.3) is 0 Å². The van der Waals surface area contributed by atoms with E-state index in [1.165, 1.54) is 37.2 Å². The predicted molar refractivity (Wildman–Crippen MR) is 103 cm³/mol. The fourth-order valence-electron chi connectivity index (χ4n) is 4.29. The van der Waals surface area contributed by atoms with Gasteiger partial charge in [-0.2, -0.15) is 5.10 Å². The van der Waals surface area contributed by atoms with E-state index in [0.29, 0.717) is 12.0 Å². The van der Waals surface area contributed by atoms with Crippen molar-refractivity contribution in [2.75, 3.05) is 26.2 Å². The van der Waals surface area contributed by atoms with Gasteiger partial charge in [-0.25, -0.2) is 0 Å². The zero-order chi connectivity index (χ0) is 17.8. The molecule has 2 saturated heterocycles. The Balaban J connectivity index is 1.23. The van der Waals surface area contributed by atoms with Crippen molar-refractivity contribution < 1.29 is 4.74 Å². The van der Waals surface area contributed by atoms with Crippen LogP contribution >= 0.6 is 0 Å². The SMILES string of the molecule is Cn1nccc1[C@@H]1OCC[C@H]1CNC1CCN(Cc2ccccc2)CC1. The molecule has 2 fully saturated rings. The molecule has 0 bridgehead atoms. The number of piperidine rings is 1. The standard InChI is InChI=1S/C21H30N4O/c1-24-20(7-11-23-24)21-18(10-14-26-21)15-22-19-8-12-25(13-9-19)16-17-5-3-2-4-6-17/h2-7,11,18-19,21-22H,8-10,12-16H2,1H3/t18-,21+/m0/s1. The van der Waals surface area contributed by atoms with Crippen LogP contribution in [0.2, 0.25) is 0 Å². The van der Waals surface area contributed by atoms with Crippen LogP contribution in [-0.4, -0.2) is 47.0 Å². The van der Waals surface area contributed by atoms with Crippen LogP contribution in [0, 0.1) is 5.92 Å². The average Bonchev–Trinajstić information content (AvgIpc) is 3.30. The fourth-order valence-corrected chi connectivity index (χ4v) is 4.29. The summed E-state index contributed by atoms with van der Waals surface area (Å²) in [4.78, 5) is 2.57. The predicted octanol–water partition coefficient (Wildman–Crippen LogP) is 2.75. The van der Waals surface area contributed by atoms with E-state index < -0.39 is 0 Å². The Hall–Kier alpha value is -1.69. The maximum Gasteiger partial charge on any atom is 0.103 e. The van der Waals surface area contributed by atoms with Crippen molar-refractivity contribution in [3.63, 3.8) is 0 Å². The van der Waals surface area contributed by atoms with Gasteiger partial charge in [0.05, 0.1) is 5.69 Å². The third-order valence-corrected chi connectivity index (χ3v) is 5.87. The summed E-state index contributed by atoms with van der Waals surface area (Å²) in [5.41, 5.74) is 2.62. The Bertz CT molecular complexity index is 678. The summed E-state index contributed by atoms with van der Waals surface area (Å²) in [7, 11) is 2.00. The number of likely N-dealkylation sites (tertiary alicyclic amines) is 1. The lowest BCUT2D eigenvalue weighted by molar-refractivity contribution is 0.0819. The van der Waals surface area contributed by atoms with E-state index in [1.807, 2.05) is 17.9 Å². The number of hydrogen-bond acceptors (Lipinski definition) is 4. The number of aromatic nitrogens is 2. The molecule has 0 unspecified atom stereocenters. The normalized spacial score (nSPS) is 25.0. The Labute approximate surface area is 156 Å². The number of nitrogens with zero attached hydrogens (tertiary/aromatic N) is 3. The van der Waals surface area contributed by atoms with E-state index in [-0.39, 0.29) is 6.10 Å². The van der Waals surface area contributed by atoms with Gasteiger partial charge in [-0.05, 0) is 44.0 Å². The molecule has 1 aromatic carbocycles. The van der Waals surface area contributed by atoms with Crippen LogP contribution in [0.4, 0.5) is 0 Å². The van der Waals surface area contributed by atoms with Crippen molar-refractivity contribution in [2.24, 2.45) is 13.0 Å². The molecule has 4 rings (SSSR count). The van der Waals surface area contributed by atoms with Gasteiger partial charge in [0, 0.05) is 44.9 Å². The Kier molecular flexibility index (Phi) is 5.68. The van der Waals surface area contributed by atoms with Crippen molar-refractivity contribution in [3.8, 4) is 0 Å². The van der Waals surface area contributed by atoms with E-state index in [2.05, 4.69) is 51.7 Å². The molecular weight excluding hydrogens is 324 g/mol. The monoisotopic (exact) mass is 354 g/mol. The number of ether oxygens (including phenoxy) is 1. The molecule has 5 heteroatoms.